The number of thiophene rings is 4. The number of hydrogen-bond donors (Lipinski definition) is 0. The summed E-state index contributed by atoms with van der Waals surface area (Å²) in [6, 6.07) is 31.1. The Morgan fingerprint density at radius 1 is 0.367 bits per heavy atom. The predicted octanol–water partition coefficient (Wildman–Crippen LogP) is 9.75. The van der Waals surface area contributed by atoms with Gasteiger partial charge in [-0.2, -0.15) is 0 Å². The molecule has 0 saturated heterocycles. The Labute approximate surface area is 191 Å². The van der Waals surface area contributed by atoms with Gasteiger partial charge in [-0.15, -0.1) is 45.3 Å². The lowest BCUT2D eigenvalue weighted by atomic mass is 9.98. The Morgan fingerprint density at radius 3 is 1.27 bits per heavy atom. The van der Waals surface area contributed by atoms with Gasteiger partial charge in [0.25, 0.3) is 0 Å². The van der Waals surface area contributed by atoms with Crippen LogP contribution in [-0.2, 0) is 0 Å². The molecule has 6 aromatic rings. The Kier molecular flexibility index (Phi) is 4.65. The summed E-state index contributed by atoms with van der Waals surface area (Å²) in [7, 11) is 0. The molecule has 0 spiro atoms. The molecule has 0 nitrogen and oxygen atoms in total. The van der Waals surface area contributed by atoms with Crippen LogP contribution in [-0.4, -0.2) is 0 Å². The van der Waals surface area contributed by atoms with Crippen molar-refractivity contribution in [2.75, 3.05) is 0 Å². The molecule has 30 heavy (non-hydrogen) atoms. The van der Waals surface area contributed by atoms with E-state index in [1.54, 1.807) is 22.7 Å². The van der Waals surface area contributed by atoms with Crippen LogP contribution in [0.4, 0.5) is 0 Å². The van der Waals surface area contributed by atoms with Gasteiger partial charge >= 0.3 is 0 Å². The van der Waals surface area contributed by atoms with Crippen LogP contribution < -0.4 is 0 Å². The van der Waals surface area contributed by atoms with E-state index in [1.165, 1.54) is 51.2 Å². The Morgan fingerprint density at radius 2 is 0.833 bits per heavy atom. The van der Waals surface area contributed by atoms with Crippen LogP contribution in [0.15, 0.2) is 95.7 Å². The van der Waals surface area contributed by atoms with Crippen LogP contribution in [0.25, 0.3) is 51.2 Å². The minimum Gasteiger partial charge on any atom is -0.143 e. The van der Waals surface area contributed by atoms with Crippen molar-refractivity contribution in [2.45, 2.75) is 0 Å². The molecule has 0 unspecified atom stereocenters. The highest BCUT2D eigenvalue weighted by atomic mass is 32.1. The fourth-order valence-corrected chi connectivity index (χ4v) is 7.57. The van der Waals surface area contributed by atoms with Crippen molar-refractivity contribution < 1.29 is 0 Å². The molecule has 0 bridgehead atoms. The zero-order chi connectivity index (χ0) is 19.9. The first-order valence-electron chi connectivity index (χ1n) is 9.67. The Balaban J connectivity index is 1.46. The van der Waals surface area contributed by atoms with Gasteiger partial charge in [0.15, 0.2) is 0 Å². The van der Waals surface area contributed by atoms with Crippen LogP contribution in [0.2, 0.25) is 0 Å². The van der Waals surface area contributed by atoms with Crippen molar-refractivity contribution >= 4 is 56.1 Å². The largest absolute Gasteiger partial charge is 0.143 e. The topological polar surface area (TPSA) is 0 Å². The van der Waals surface area contributed by atoms with Gasteiger partial charge in [0.1, 0.15) is 0 Å². The summed E-state index contributed by atoms with van der Waals surface area (Å²) in [5.41, 5.74) is 2.63. The summed E-state index contributed by atoms with van der Waals surface area (Å²) in [6.07, 6.45) is 0. The molecule has 0 amide bonds. The predicted molar refractivity (Wildman–Crippen MR) is 137 cm³/mol. The van der Waals surface area contributed by atoms with E-state index in [0.29, 0.717) is 0 Å². The minimum atomic E-state index is 1.32. The maximum Gasteiger partial charge on any atom is 0.0449 e. The maximum atomic E-state index is 2.27. The molecule has 0 aliphatic rings. The van der Waals surface area contributed by atoms with Gasteiger partial charge in [-0.1, -0.05) is 48.5 Å². The van der Waals surface area contributed by atoms with Crippen LogP contribution in [0.3, 0.4) is 0 Å². The first-order chi connectivity index (χ1) is 14.9. The van der Waals surface area contributed by atoms with Gasteiger partial charge in [-0.3, -0.25) is 0 Å². The minimum absolute atomic E-state index is 1.32. The average Bonchev–Trinajstić information content (AvgIpc) is 3.58. The molecule has 4 heterocycles. The lowest BCUT2D eigenvalue weighted by Crippen LogP contribution is -1.81. The van der Waals surface area contributed by atoms with E-state index in [0.717, 1.165) is 0 Å². The lowest BCUT2D eigenvalue weighted by molar-refractivity contribution is 1.72. The average molecular weight is 457 g/mol. The molecule has 0 radical (unpaired) electrons. The highest BCUT2D eigenvalue weighted by Gasteiger charge is 2.13. The van der Waals surface area contributed by atoms with E-state index >= 15 is 0 Å². The molecule has 144 valence electrons. The second-order valence-electron chi connectivity index (χ2n) is 6.99. The molecule has 4 heteroatoms. The monoisotopic (exact) mass is 456 g/mol. The third kappa shape index (κ3) is 3.17. The Bertz CT molecular complexity index is 1320. The summed E-state index contributed by atoms with van der Waals surface area (Å²) in [5, 5.41) is 6.93. The zero-order valence-corrected chi connectivity index (χ0v) is 19.1. The molecule has 0 N–H and O–H groups in total. The molecule has 0 aliphatic heterocycles. The first-order valence-corrected chi connectivity index (χ1v) is 13.1. The molecule has 6 rings (SSSR count). The highest BCUT2D eigenvalue weighted by molar-refractivity contribution is 7.24. The molecule has 0 fully saturated rings. The van der Waals surface area contributed by atoms with Crippen molar-refractivity contribution in [2.24, 2.45) is 0 Å². The van der Waals surface area contributed by atoms with Crippen molar-refractivity contribution in [3.8, 4) is 40.4 Å². The zero-order valence-electron chi connectivity index (χ0n) is 15.9. The SMILES string of the molecule is c1csc(-c2ccc(-c3cccc4c(-c5ccc(-c6cccs6)s5)cccc34)s2)c1. The third-order valence-electron chi connectivity index (χ3n) is 5.19. The molecule has 4 aromatic heterocycles. The number of benzene rings is 2. The summed E-state index contributed by atoms with van der Waals surface area (Å²) >= 11 is 7.36. The van der Waals surface area contributed by atoms with Gasteiger partial charge in [0.05, 0.1) is 0 Å². The van der Waals surface area contributed by atoms with Gasteiger partial charge < -0.3 is 0 Å². The lowest BCUT2D eigenvalue weighted by Gasteiger charge is -2.09. The van der Waals surface area contributed by atoms with Gasteiger partial charge in [-0.25, -0.2) is 0 Å². The highest BCUT2D eigenvalue weighted by Crippen LogP contribution is 2.43. The number of fused-ring (bicyclic) bond motifs is 1. The fraction of sp³-hybridized carbons (Fsp3) is 0. The van der Waals surface area contributed by atoms with Crippen LogP contribution >= 0.6 is 45.3 Å². The second-order valence-corrected chi connectivity index (χ2v) is 11.1. The Hall–Kier alpha value is -2.50. The molecule has 0 aliphatic carbocycles. The molecular weight excluding hydrogens is 441 g/mol. The molecule has 0 saturated carbocycles. The smallest absolute Gasteiger partial charge is 0.0449 e. The fourth-order valence-electron chi connectivity index (χ4n) is 3.81. The van der Waals surface area contributed by atoms with Crippen molar-refractivity contribution in [3.63, 3.8) is 0 Å². The van der Waals surface area contributed by atoms with Gasteiger partial charge in [0.2, 0.25) is 0 Å². The van der Waals surface area contributed by atoms with Crippen LogP contribution in [0.5, 0.6) is 0 Å². The maximum absolute atomic E-state index is 2.27. The summed E-state index contributed by atoms with van der Waals surface area (Å²) in [4.78, 5) is 8.01. The van der Waals surface area contributed by atoms with E-state index in [-0.39, 0.29) is 0 Å². The van der Waals surface area contributed by atoms with Gasteiger partial charge in [-0.05, 0) is 69.1 Å². The van der Waals surface area contributed by atoms with Crippen molar-refractivity contribution in [1.82, 2.24) is 0 Å². The van der Waals surface area contributed by atoms with E-state index in [4.69, 9.17) is 0 Å². The van der Waals surface area contributed by atoms with E-state index in [9.17, 15) is 0 Å². The standard InChI is InChI=1S/C26H16S4/c1-5-17-18(19(7-1)21-11-13-25(29-21)23-9-3-15-27-23)6-2-8-20(17)22-12-14-26(30-22)24-10-4-16-28-24/h1-16H. The van der Waals surface area contributed by atoms with Crippen molar-refractivity contribution in [3.05, 3.63) is 95.7 Å². The quantitative estimate of drug-likeness (QED) is 0.248. The van der Waals surface area contributed by atoms with Crippen LogP contribution in [0, 0.1) is 0 Å². The van der Waals surface area contributed by atoms with E-state index in [2.05, 4.69) is 95.7 Å². The first kappa shape index (κ1) is 18.3. The summed E-state index contributed by atoms with van der Waals surface area (Å²) < 4.78 is 0. The van der Waals surface area contributed by atoms with E-state index < -0.39 is 0 Å². The van der Waals surface area contributed by atoms with E-state index in [1.807, 2.05) is 22.7 Å². The van der Waals surface area contributed by atoms with Crippen LogP contribution in [0.1, 0.15) is 0 Å². The summed E-state index contributed by atoms with van der Waals surface area (Å²) in [5.74, 6) is 0. The van der Waals surface area contributed by atoms with Crippen molar-refractivity contribution in [1.29, 1.82) is 0 Å². The van der Waals surface area contributed by atoms with Gasteiger partial charge in [0, 0.05) is 29.3 Å². The normalized spacial score (nSPS) is 11.3. The number of rotatable bonds is 4. The molecule has 2 aromatic carbocycles. The third-order valence-corrected chi connectivity index (χ3v) is 9.56. The number of hydrogen-bond acceptors (Lipinski definition) is 4. The summed E-state index contributed by atoms with van der Waals surface area (Å²) in [6.45, 7) is 0. The molecular formula is C26H16S4. The second kappa shape index (κ2) is 7.64. The molecule has 0 atom stereocenters.